The molecule has 2 N–H and O–H groups in total. The van der Waals surface area contributed by atoms with Gasteiger partial charge < -0.3 is 15.2 Å². The number of sulfonamides is 1. The molecule has 1 heterocycles. The van der Waals surface area contributed by atoms with Gasteiger partial charge in [0.1, 0.15) is 4.90 Å². The average molecular weight is 317 g/mol. The van der Waals surface area contributed by atoms with Crippen LogP contribution in [-0.4, -0.2) is 57.2 Å². The number of hydrogen-bond donors (Lipinski definition) is 1. The van der Waals surface area contributed by atoms with E-state index < -0.39 is 10.0 Å². The fourth-order valence-corrected chi connectivity index (χ4v) is 3.19. The van der Waals surface area contributed by atoms with E-state index in [0.717, 1.165) is 0 Å². The van der Waals surface area contributed by atoms with Gasteiger partial charge in [-0.05, 0) is 19.9 Å². The second-order valence-corrected chi connectivity index (χ2v) is 6.12. The third kappa shape index (κ3) is 5.24. The van der Waals surface area contributed by atoms with Crippen molar-refractivity contribution in [2.75, 3.05) is 45.3 Å². The molecular weight excluding hydrogens is 294 g/mol. The van der Waals surface area contributed by atoms with E-state index in [1.54, 1.807) is 0 Å². The Bertz CT molecular complexity index is 512. The predicted octanol–water partition coefficient (Wildman–Crippen LogP) is 0.728. The van der Waals surface area contributed by atoms with E-state index in [1.807, 2.05) is 13.8 Å². The van der Waals surface area contributed by atoms with Gasteiger partial charge in [0.15, 0.2) is 0 Å². The summed E-state index contributed by atoms with van der Waals surface area (Å²) in [5, 5.41) is 0. The van der Waals surface area contributed by atoms with E-state index >= 15 is 0 Å². The van der Waals surface area contributed by atoms with E-state index in [4.69, 9.17) is 15.2 Å². The molecule has 1 rings (SSSR count). The molecule has 1 aromatic rings. The summed E-state index contributed by atoms with van der Waals surface area (Å²) in [6, 6.07) is 1.47. The summed E-state index contributed by atoms with van der Waals surface area (Å²) in [7, 11) is -3.71. The molecule has 0 bridgehead atoms. The van der Waals surface area contributed by atoms with Gasteiger partial charge in [-0.3, -0.25) is 4.98 Å². The highest BCUT2D eigenvalue weighted by Gasteiger charge is 2.26. The van der Waals surface area contributed by atoms with Gasteiger partial charge in [0.2, 0.25) is 10.0 Å². The van der Waals surface area contributed by atoms with Crippen molar-refractivity contribution >= 4 is 15.7 Å². The van der Waals surface area contributed by atoms with Crippen molar-refractivity contribution in [3.8, 4) is 0 Å². The zero-order valence-corrected chi connectivity index (χ0v) is 13.3. The first kappa shape index (κ1) is 17.8. The van der Waals surface area contributed by atoms with Gasteiger partial charge in [-0.1, -0.05) is 0 Å². The van der Waals surface area contributed by atoms with Gasteiger partial charge in [0, 0.05) is 38.7 Å². The monoisotopic (exact) mass is 317 g/mol. The second kappa shape index (κ2) is 8.93. The van der Waals surface area contributed by atoms with Gasteiger partial charge in [-0.2, -0.15) is 4.31 Å². The molecule has 1 aromatic heterocycles. The van der Waals surface area contributed by atoms with Gasteiger partial charge in [-0.25, -0.2) is 8.42 Å². The van der Waals surface area contributed by atoms with E-state index in [9.17, 15) is 8.42 Å². The first-order valence-electron chi connectivity index (χ1n) is 6.89. The minimum Gasteiger partial charge on any atom is -0.398 e. The summed E-state index contributed by atoms with van der Waals surface area (Å²) in [4.78, 5) is 3.85. The highest BCUT2D eigenvalue weighted by atomic mass is 32.2. The Kier molecular flexibility index (Phi) is 7.58. The lowest BCUT2D eigenvalue weighted by Gasteiger charge is -2.22. The Morgan fingerprint density at radius 3 is 2.24 bits per heavy atom. The number of hydrogen-bond acceptors (Lipinski definition) is 6. The van der Waals surface area contributed by atoms with Crippen LogP contribution in [0, 0.1) is 0 Å². The van der Waals surface area contributed by atoms with Crippen molar-refractivity contribution in [2.45, 2.75) is 18.7 Å². The minimum atomic E-state index is -3.71. The summed E-state index contributed by atoms with van der Waals surface area (Å²) in [5.41, 5.74) is 5.93. The molecule has 120 valence electrons. The molecule has 0 aliphatic rings. The van der Waals surface area contributed by atoms with Crippen LogP contribution < -0.4 is 5.73 Å². The Balaban J connectivity index is 2.90. The molecule has 21 heavy (non-hydrogen) atoms. The SMILES string of the molecule is CCOCCN(CCOCC)S(=O)(=O)c1cnccc1N. The van der Waals surface area contributed by atoms with Crippen molar-refractivity contribution in [3.05, 3.63) is 18.5 Å². The molecule has 0 saturated heterocycles. The van der Waals surface area contributed by atoms with Crippen LogP contribution in [-0.2, 0) is 19.5 Å². The van der Waals surface area contributed by atoms with E-state index in [2.05, 4.69) is 4.98 Å². The van der Waals surface area contributed by atoms with Crippen molar-refractivity contribution in [1.29, 1.82) is 0 Å². The van der Waals surface area contributed by atoms with Gasteiger partial charge >= 0.3 is 0 Å². The van der Waals surface area contributed by atoms with E-state index in [1.165, 1.54) is 22.8 Å². The summed E-state index contributed by atoms with van der Waals surface area (Å²) in [6.45, 7) is 5.93. The van der Waals surface area contributed by atoms with Crippen molar-refractivity contribution in [1.82, 2.24) is 9.29 Å². The second-order valence-electron chi connectivity index (χ2n) is 4.21. The zero-order chi connectivity index (χ0) is 15.7. The quantitative estimate of drug-likeness (QED) is 0.639. The molecule has 0 fully saturated rings. The normalized spacial score (nSPS) is 12.0. The standard InChI is InChI=1S/C13H23N3O4S/c1-3-19-9-7-16(8-10-20-4-2)21(17,18)13-11-15-6-5-12(13)14/h5-6,11H,3-4,7-10H2,1-2H3,(H2,14,15). The number of nitrogens with two attached hydrogens (primary N) is 1. The molecule has 0 atom stereocenters. The number of aromatic nitrogens is 1. The van der Waals surface area contributed by atoms with Crippen LogP contribution in [0.4, 0.5) is 5.69 Å². The van der Waals surface area contributed by atoms with Crippen molar-refractivity contribution in [3.63, 3.8) is 0 Å². The highest BCUT2D eigenvalue weighted by molar-refractivity contribution is 7.89. The number of anilines is 1. The molecule has 0 radical (unpaired) electrons. The highest BCUT2D eigenvalue weighted by Crippen LogP contribution is 2.20. The first-order valence-corrected chi connectivity index (χ1v) is 8.33. The molecule has 0 aromatic carbocycles. The Morgan fingerprint density at radius 2 is 1.76 bits per heavy atom. The third-order valence-corrected chi connectivity index (χ3v) is 4.75. The fourth-order valence-electron chi connectivity index (χ4n) is 1.72. The largest absolute Gasteiger partial charge is 0.398 e. The van der Waals surface area contributed by atoms with Gasteiger partial charge in [-0.15, -0.1) is 0 Å². The molecule has 0 unspecified atom stereocenters. The Hall–Kier alpha value is -1.22. The van der Waals surface area contributed by atoms with Crippen LogP contribution in [0.15, 0.2) is 23.4 Å². The Labute approximate surface area is 126 Å². The number of rotatable bonds is 10. The molecule has 0 spiro atoms. The van der Waals surface area contributed by atoms with Crippen LogP contribution >= 0.6 is 0 Å². The third-order valence-electron chi connectivity index (χ3n) is 2.81. The summed E-state index contributed by atoms with van der Waals surface area (Å²) in [6.07, 6.45) is 2.72. The molecule has 0 saturated carbocycles. The van der Waals surface area contributed by atoms with Crippen LogP contribution in [0.1, 0.15) is 13.8 Å². The zero-order valence-electron chi connectivity index (χ0n) is 12.5. The molecule has 7 nitrogen and oxygen atoms in total. The van der Waals surface area contributed by atoms with Gasteiger partial charge in [0.05, 0.1) is 18.9 Å². The van der Waals surface area contributed by atoms with Crippen LogP contribution in [0.3, 0.4) is 0 Å². The lowest BCUT2D eigenvalue weighted by molar-refractivity contribution is 0.110. The number of nitrogen functional groups attached to an aromatic ring is 1. The summed E-state index contributed by atoms with van der Waals surface area (Å²) >= 11 is 0. The van der Waals surface area contributed by atoms with E-state index in [0.29, 0.717) is 26.4 Å². The number of pyridine rings is 1. The number of nitrogens with zero attached hydrogens (tertiary/aromatic N) is 2. The molecular formula is C13H23N3O4S. The summed E-state index contributed by atoms with van der Waals surface area (Å²) in [5.74, 6) is 0. The maximum Gasteiger partial charge on any atom is 0.246 e. The van der Waals surface area contributed by atoms with Crippen molar-refractivity contribution < 1.29 is 17.9 Å². The molecule has 0 amide bonds. The smallest absolute Gasteiger partial charge is 0.246 e. The fraction of sp³-hybridized carbons (Fsp3) is 0.615. The topological polar surface area (TPSA) is 94.8 Å². The molecule has 0 aliphatic heterocycles. The number of ether oxygens (including phenoxy) is 2. The first-order chi connectivity index (χ1) is 10.0. The molecule has 8 heteroatoms. The average Bonchev–Trinajstić information content (AvgIpc) is 2.46. The Morgan fingerprint density at radius 1 is 1.19 bits per heavy atom. The van der Waals surface area contributed by atoms with Crippen molar-refractivity contribution in [2.24, 2.45) is 0 Å². The maximum absolute atomic E-state index is 12.6. The lowest BCUT2D eigenvalue weighted by Crippen LogP contribution is -2.37. The predicted molar refractivity (Wildman–Crippen MR) is 80.4 cm³/mol. The van der Waals surface area contributed by atoms with E-state index in [-0.39, 0.29) is 23.7 Å². The van der Waals surface area contributed by atoms with Crippen LogP contribution in [0.5, 0.6) is 0 Å². The summed E-state index contributed by atoms with van der Waals surface area (Å²) < 4.78 is 37.1. The van der Waals surface area contributed by atoms with Gasteiger partial charge in [0.25, 0.3) is 0 Å². The minimum absolute atomic E-state index is 0.0120. The maximum atomic E-state index is 12.6. The lowest BCUT2D eigenvalue weighted by atomic mass is 10.4. The van der Waals surface area contributed by atoms with Crippen LogP contribution in [0.2, 0.25) is 0 Å². The molecule has 0 aliphatic carbocycles. The van der Waals surface area contributed by atoms with Crippen LogP contribution in [0.25, 0.3) is 0 Å².